The van der Waals surface area contributed by atoms with E-state index in [0.29, 0.717) is 27.9 Å². The molecule has 4 rings (SSSR count). The van der Waals surface area contributed by atoms with Crippen molar-refractivity contribution in [3.05, 3.63) is 76.3 Å². The molecular weight excluding hydrogens is 412 g/mol. The van der Waals surface area contributed by atoms with Crippen molar-refractivity contribution in [3.8, 4) is 17.2 Å². The summed E-state index contributed by atoms with van der Waals surface area (Å²) in [7, 11) is 0. The summed E-state index contributed by atoms with van der Waals surface area (Å²) in [5, 5.41) is 3.30. The minimum atomic E-state index is -0.280. The minimum absolute atomic E-state index is 0.0215. The molecule has 0 saturated heterocycles. The highest BCUT2D eigenvalue weighted by Gasteiger charge is 2.15. The number of aromatic nitrogens is 1. The number of aryl methyl sites for hydroxylation is 2. The van der Waals surface area contributed by atoms with Crippen LogP contribution in [0.2, 0.25) is 5.02 Å². The molecule has 0 bridgehead atoms. The minimum Gasteiger partial charge on any atom is -0.491 e. The lowest BCUT2D eigenvalue weighted by molar-refractivity contribution is 0.102. The summed E-state index contributed by atoms with van der Waals surface area (Å²) in [6.07, 6.45) is 0.0215. The third kappa shape index (κ3) is 4.57. The first-order chi connectivity index (χ1) is 14.8. The number of oxazole rings is 1. The summed E-state index contributed by atoms with van der Waals surface area (Å²) in [5.41, 5.74) is 5.39. The van der Waals surface area contributed by atoms with Gasteiger partial charge in [0.25, 0.3) is 5.91 Å². The van der Waals surface area contributed by atoms with Gasteiger partial charge in [0.2, 0.25) is 5.89 Å². The lowest BCUT2D eigenvalue weighted by atomic mass is 10.1. The summed E-state index contributed by atoms with van der Waals surface area (Å²) < 4.78 is 11.7. The van der Waals surface area contributed by atoms with Crippen molar-refractivity contribution in [2.45, 2.75) is 33.8 Å². The van der Waals surface area contributed by atoms with Crippen molar-refractivity contribution in [2.75, 3.05) is 5.32 Å². The van der Waals surface area contributed by atoms with E-state index in [1.807, 2.05) is 45.9 Å². The molecule has 0 aliphatic heterocycles. The highest BCUT2D eigenvalue weighted by atomic mass is 35.5. The molecule has 0 fully saturated rings. The highest BCUT2D eigenvalue weighted by Crippen LogP contribution is 2.32. The molecule has 4 aromatic rings. The number of hydrogen-bond acceptors (Lipinski definition) is 4. The van der Waals surface area contributed by atoms with E-state index in [2.05, 4.69) is 16.4 Å². The first-order valence-corrected chi connectivity index (χ1v) is 10.4. The predicted molar refractivity (Wildman–Crippen MR) is 124 cm³/mol. The van der Waals surface area contributed by atoms with Crippen LogP contribution in [0, 0.1) is 13.8 Å². The van der Waals surface area contributed by atoms with E-state index in [1.54, 1.807) is 30.3 Å². The molecule has 1 amide bonds. The zero-order chi connectivity index (χ0) is 22.1. The molecule has 3 aromatic carbocycles. The molecule has 158 valence electrons. The van der Waals surface area contributed by atoms with Gasteiger partial charge in [-0.1, -0.05) is 23.7 Å². The maximum atomic E-state index is 12.8. The van der Waals surface area contributed by atoms with Crippen molar-refractivity contribution < 1.29 is 13.9 Å². The van der Waals surface area contributed by atoms with Crippen molar-refractivity contribution in [1.82, 2.24) is 4.98 Å². The first kappa shape index (κ1) is 20.9. The molecule has 0 spiro atoms. The summed E-state index contributed by atoms with van der Waals surface area (Å²) in [4.78, 5) is 17.4. The van der Waals surface area contributed by atoms with E-state index in [-0.39, 0.29) is 12.0 Å². The third-order valence-electron chi connectivity index (χ3n) is 4.75. The van der Waals surface area contributed by atoms with Crippen LogP contribution < -0.4 is 10.1 Å². The molecule has 0 aliphatic rings. The molecule has 0 radical (unpaired) electrons. The number of carbonyl (C=O) groups excluding carboxylic acids is 1. The Bertz CT molecular complexity index is 1280. The molecule has 1 heterocycles. The van der Waals surface area contributed by atoms with Crippen LogP contribution in [0.1, 0.15) is 35.3 Å². The lowest BCUT2D eigenvalue weighted by Gasteiger charge is -2.12. The third-order valence-corrected chi connectivity index (χ3v) is 5.08. The monoisotopic (exact) mass is 434 g/mol. The Labute approximate surface area is 186 Å². The Kier molecular flexibility index (Phi) is 5.70. The van der Waals surface area contributed by atoms with Gasteiger partial charge in [0.15, 0.2) is 5.58 Å². The van der Waals surface area contributed by atoms with Crippen LogP contribution in [0.3, 0.4) is 0 Å². The Hall–Kier alpha value is -3.31. The molecule has 0 saturated carbocycles. The van der Waals surface area contributed by atoms with Crippen LogP contribution in [0.4, 0.5) is 5.69 Å². The van der Waals surface area contributed by atoms with E-state index in [4.69, 9.17) is 20.8 Å². The predicted octanol–water partition coefficient (Wildman–Crippen LogP) is 6.80. The molecular formula is C25H23ClN2O3. The smallest absolute Gasteiger partial charge is 0.255 e. The summed E-state index contributed by atoms with van der Waals surface area (Å²) in [6, 6.07) is 16.4. The van der Waals surface area contributed by atoms with Crippen LogP contribution in [0.15, 0.2) is 59.0 Å². The van der Waals surface area contributed by atoms with Gasteiger partial charge in [-0.2, -0.15) is 0 Å². The number of carbonyl (C=O) groups is 1. The second-order valence-corrected chi connectivity index (χ2v) is 8.20. The summed E-state index contributed by atoms with van der Waals surface area (Å²) in [6.45, 7) is 7.90. The first-order valence-electron chi connectivity index (χ1n) is 10.1. The average Bonchev–Trinajstić information content (AvgIpc) is 3.13. The van der Waals surface area contributed by atoms with Crippen molar-refractivity contribution in [2.24, 2.45) is 0 Å². The van der Waals surface area contributed by atoms with Crippen molar-refractivity contribution >= 4 is 34.3 Å². The number of hydrogen-bond donors (Lipinski definition) is 1. The number of anilines is 1. The fourth-order valence-electron chi connectivity index (χ4n) is 3.43. The van der Waals surface area contributed by atoms with Gasteiger partial charge < -0.3 is 14.5 Å². The van der Waals surface area contributed by atoms with Gasteiger partial charge in [0.1, 0.15) is 11.3 Å². The molecule has 0 unspecified atom stereocenters. The second-order valence-electron chi connectivity index (χ2n) is 7.79. The number of halogens is 1. The summed E-state index contributed by atoms with van der Waals surface area (Å²) in [5.74, 6) is 0.833. The van der Waals surface area contributed by atoms with Crippen LogP contribution in [0.25, 0.3) is 22.6 Å². The van der Waals surface area contributed by atoms with Gasteiger partial charge in [-0.3, -0.25) is 4.79 Å². The molecule has 1 N–H and O–H groups in total. The molecule has 0 atom stereocenters. The maximum Gasteiger partial charge on any atom is 0.255 e. The van der Waals surface area contributed by atoms with Crippen LogP contribution in [-0.2, 0) is 0 Å². The molecule has 31 heavy (non-hydrogen) atoms. The van der Waals surface area contributed by atoms with Crippen LogP contribution in [-0.4, -0.2) is 17.0 Å². The quantitative estimate of drug-likeness (QED) is 0.375. The van der Waals surface area contributed by atoms with E-state index in [1.165, 1.54) is 0 Å². The molecule has 6 heteroatoms. The summed E-state index contributed by atoms with van der Waals surface area (Å²) >= 11 is 6.35. The molecule has 5 nitrogen and oxygen atoms in total. The number of amides is 1. The van der Waals surface area contributed by atoms with Gasteiger partial charge in [-0.05, 0) is 81.3 Å². The van der Waals surface area contributed by atoms with E-state index >= 15 is 0 Å². The number of fused-ring (bicyclic) bond motifs is 1. The fourth-order valence-corrected chi connectivity index (χ4v) is 3.60. The SMILES string of the molecule is Cc1cc(C)c2oc(-c3ccc(Cl)c(NC(=O)c4cccc(OC(C)C)c4)c3)nc2c1. The van der Waals surface area contributed by atoms with Crippen LogP contribution >= 0.6 is 11.6 Å². The van der Waals surface area contributed by atoms with Gasteiger partial charge in [-0.15, -0.1) is 0 Å². The van der Waals surface area contributed by atoms with Gasteiger partial charge in [0, 0.05) is 11.1 Å². The maximum absolute atomic E-state index is 12.8. The van der Waals surface area contributed by atoms with E-state index in [0.717, 1.165) is 27.8 Å². The number of benzene rings is 3. The Morgan fingerprint density at radius 3 is 2.68 bits per heavy atom. The number of ether oxygens (including phenoxy) is 1. The Morgan fingerprint density at radius 2 is 1.90 bits per heavy atom. The second kappa shape index (κ2) is 8.44. The van der Waals surface area contributed by atoms with Crippen molar-refractivity contribution in [3.63, 3.8) is 0 Å². The van der Waals surface area contributed by atoms with Crippen molar-refractivity contribution in [1.29, 1.82) is 0 Å². The zero-order valence-corrected chi connectivity index (χ0v) is 18.6. The standard InChI is InChI=1S/C25H23ClN2O3/c1-14(2)30-19-7-5-6-17(12-19)24(29)27-21-13-18(8-9-20(21)26)25-28-22-11-15(3)10-16(4)23(22)31-25/h5-14H,1-4H3,(H,27,29). The van der Waals surface area contributed by atoms with Gasteiger partial charge in [0.05, 0.1) is 16.8 Å². The van der Waals surface area contributed by atoms with Gasteiger partial charge >= 0.3 is 0 Å². The Morgan fingerprint density at radius 1 is 1.10 bits per heavy atom. The normalized spacial score (nSPS) is 11.2. The fraction of sp³-hybridized carbons (Fsp3) is 0.200. The van der Waals surface area contributed by atoms with Gasteiger partial charge in [-0.25, -0.2) is 4.98 Å². The number of nitrogens with zero attached hydrogens (tertiary/aromatic N) is 1. The average molecular weight is 435 g/mol. The topological polar surface area (TPSA) is 64.4 Å². The zero-order valence-electron chi connectivity index (χ0n) is 17.8. The molecule has 0 aliphatic carbocycles. The largest absolute Gasteiger partial charge is 0.491 e. The number of rotatable bonds is 5. The Balaban J connectivity index is 1.63. The van der Waals surface area contributed by atoms with Crippen LogP contribution in [0.5, 0.6) is 5.75 Å². The van der Waals surface area contributed by atoms with E-state index < -0.39 is 0 Å². The molecule has 1 aromatic heterocycles. The van der Waals surface area contributed by atoms with E-state index in [9.17, 15) is 4.79 Å². The number of nitrogens with one attached hydrogen (secondary N) is 1. The lowest BCUT2D eigenvalue weighted by Crippen LogP contribution is -2.13. The highest BCUT2D eigenvalue weighted by molar-refractivity contribution is 6.34.